The van der Waals surface area contributed by atoms with E-state index in [2.05, 4.69) is 24.0 Å². The summed E-state index contributed by atoms with van der Waals surface area (Å²) in [5.74, 6) is -0.480. The minimum absolute atomic E-state index is 0.162. The molecule has 0 aliphatic carbocycles. The fourth-order valence-electron chi connectivity index (χ4n) is 2.93. The van der Waals surface area contributed by atoms with Gasteiger partial charge in [-0.25, -0.2) is 9.78 Å². The molecule has 2 heterocycles. The number of aryl methyl sites for hydroxylation is 1. The highest BCUT2D eigenvalue weighted by atomic mass is 32.1. The van der Waals surface area contributed by atoms with Gasteiger partial charge in [-0.1, -0.05) is 31.2 Å². The number of nitrogens with zero attached hydrogens (tertiary/aromatic N) is 2. The number of rotatable bonds is 8. The largest absolute Gasteiger partial charge is 0.462 e. The third kappa shape index (κ3) is 4.15. The molecule has 0 unspecified atom stereocenters. The average Bonchev–Trinajstić information content (AvgIpc) is 3.16. The van der Waals surface area contributed by atoms with E-state index in [4.69, 9.17) is 9.47 Å². The number of hydrogen-bond acceptors (Lipinski definition) is 6. The molecule has 2 aromatic heterocycles. The van der Waals surface area contributed by atoms with Gasteiger partial charge in [0.05, 0.1) is 18.3 Å². The van der Waals surface area contributed by atoms with E-state index < -0.39 is 12.0 Å². The number of aromatic nitrogens is 2. The van der Waals surface area contributed by atoms with Gasteiger partial charge in [0, 0.05) is 17.6 Å². The number of benzene rings is 1. The molecule has 0 bridgehead atoms. The van der Waals surface area contributed by atoms with Crippen molar-refractivity contribution in [3.05, 3.63) is 51.9 Å². The van der Waals surface area contributed by atoms with Crippen LogP contribution in [-0.4, -0.2) is 35.3 Å². The van der Waals surface area contributed by atoms with Crippen LogP contribution in [0.4, 0.5) is 0 Å². The maximum atomic E-state index is 13.1. The summed E-state index contributed by atoms with van der Waals surface area (Å²) >= 11 is 1.42. The first kappa shape index (κ1) is 20.2. The quantitative estimate of drug-likeness (QED) is 0.425. The number of fused-ring (bicyclic) bond motifs is 1. The third-order valence-electron chi connectivity index (χ3n) is 4.63. The van der Waals surface area contributed by atoms with E-state index in [9.17, 15) is 9.59 Å². The predicted molar refractivity (Wildman–Crippen MR) is 111 cm³/mol. The summed E-state index contributed by atoms with van der Waals surface area (Å²) in [4.78, 5) is 30.5. The molecule has 3 aromatic rings. The summed E-state index contributed by atoms with van der Waals surface area (Å²) in [6.07, 6.45) is 2.38. The topological polar surface area (TPSA) is 70.4 Å². The van der Waals surface area contributed by atoms with E-state index in [1.54, 1.807) is 6.92 Å². The SMILES string of the molecule is CCOCCOC(=O)[C@H](C)n1cnc2scc(-c3ccc(CC)cc3)c2c1=O. The van der Waals surface area contributed by atoms with Gasteiger partial charge in [0.25, 0.3) is 5.56 Å². The lowest BCUT2D eigenvalue weighted by molar-refractivity contribution is -0.148. The maximum Gasteiger partial charge on any atom is 0.329 e. The van der Waals surface area contributed by atoms with Crippen molar-refractivity contribution in [3.8, 4) is 11.1 Å². The Morgan fingerprint density at radius 1 is 1.21 bits per heavy atom. The third-order valence-corrected chi connectivity index (χ3v) is 5.51. The molecule has 0 saturated heterocycles. The van der Waals surface area contributed by atoms with Gasteiger partial charge >= 0.3 is 5.97 Å². The Hall–Kier alpha value is -2.51. The van der Waals surface area contributed by atoms with E-state index in [0.29, 0.717) is 23.4 Å². The van der Waals surface area contributed by atoms with E-state index in [-0.39, 0.29) is 12.2 Å². The Labute approximate surface area is 167 Å². The number of carbonyl (C=O) groups excluding carboxylic acids is 1. The monoisotopic (exact) mass is 400 g/mol. The number of carbonyl (C=O) groups is 1. The lowest BCUT2D eigenvalue weighted by atomic mass is 10.0. The molecule has 0 saturated carbocycles. The first-order chi connectivity index (χ1) is 13.6. The first-order valence-corrected chi connectivity index (χ1v) is 10.3. The Bertz CT molecular complexity index is 1010. The van der Waals surface area contributed by atoms with Gasteiger partial charge in [0.15, 0.2) is 0 Å². The Balaban J connectivity index is 1.92. The van der Waals surface area contributed by atoms with Crippen molar-refractivity contribution in [2.75, 3.05) is 19.8 Å². The minimum Gasteiger partial charge on any atom is -0.462 e. The van der Waals surface area contributed by atoms with Crippen LogP contribution in [-0.2, 0) is 20.7 Å². The van der Waals surface area contributed by atoms with E-state index >= 15 is 0 Å². The summed E-state index contributed by atoms with van der Waals surface area (Å²) < 4.78 is 11.7. The molecule has 0 spiro atoms. The van der Waals surface area contributed by atoms with Crippen molar-refractivity contribution in [1.29, 1.82) is 0 Å². The van der Waals surface area contributed by atoms with Gasteiger partial charge < -0.3 is 9.47 Å². The van der Waals surface area contributed by atoms with E-state index in [1.807, 2.05) is 24.4 Å². The van der Waals surface area contributed by atoms with Crippen molar-refractivity contribution in [1.82, 2.24) is 9.55 Å². The molecule has 28 heavy (non-hydrogen) atoms. The standard InChI is InChI=1S/C21H24N2O4S/c1-4-15-6-8-16(9-7-15)17-12-28-19-18(17)20(24)23(13-22-19)14(3)21(25)27-11-10-26-5-2/h6-9,12-14H,4-5,10-11H2,1-3H3/t14-/m0/s1. The Morgan fingerprint density at radius 2 is 1.96 bits per heavy atom. The highest BCUT2D eigenvalue weighted by molar-refractivity contribution is 7.17. The van der Waals surface area contributed by atoms with Crippen molar-refractivity contribution in [3.63, 3.8) is 0 Å². The smallest absolute Gasteiger partial charge is 0.329 e. The van der Waals surface area contributed by atoms with E-state index in [0.717, 1.165) is 17.5 Å². The number of thiophene rings is 1. The highest BCUT2D eigenvalue weighted by Gasteiger charge is 2.21. The normalized spacial score (nSPS) is 12.2. The van der Waals surface area contributed by atoms with Crippen molar-refractivity contribution >= 4 is 27.5 Å². The van der Waals surface area contributed by atoms with E-state index in [1.165, 1.54) is 27.8 Å². The van der Waals surface area contributed by atoms with Crippen LogP contribution in [0, 0.1) is 0 Å². The lowest BCUT2D eigenvalue weighted by Gasteiger charge is -2.14. The van der Waals surface area contributed by atoms with Crippen LogP contribution in [0.1, 0.15) is 32.4 Å². The average molecular weight is 401 g/mol. The summed E-state index contributed by atoms with van der Waals surface area (Å²) in [6, 6.07) is 7.39. The van der Waals surface area contributed by atoms with Crippen molar-refractivity contribution in [2.45, 2.75) is 33.2 Å². The van der Waals surface area contributed by atoms with Gasteiger partial charge in [-0.05, 0) is 31.4 Å². The summed E-state index contributed by atoms with van der Waals surface area (Å²) in [7, 11) is 0. The van der Waals surface area contributed by atoms with Crippen molar-refractivity contribution in [2.24, 2.45) is 0 Å². The molecule has 7 heteroatoms. The zero-order valence-electron chi connectivity index (χ0n) is 16.3. The molecule has 148 valence electrons. The summed E-state index contributed by atoms with van der Waals surface area (Å²) in [6.45, 7) is 6.68. The Morgan fingerprint density at radius 3 is 2.64 bits per heavy atom. The molecule has 6 nitrogen and oxygen atoms in total. The van der Waals surface area contributed by atoms with Gasteiger partial charge in [-0.2, -0.15) is 0 Å². The van der Waals surface area contributed by atoms with Crippen LogP contribution in [0.25, 0.3) is 21.3 Å². The van der Waals surface area contributed by atoms with Crippen LogP contribution < -0.4 is 5.56 Å². The molecule has 0 aliphatic rings. The molecule has 1 atom stereocenters. The zero-order chi connectivity index (χ0) is 20.1. The predicted octanol–water partition coefficient (Wildman–Crippen LogP) is 3.83. The molecule has 0 fully saturated rings. The fourth-order valence-corrected chi connectivity index (χ4v) is 3.84. The first-order valence-electron chi connectivity index (χ1n) is 9.38. The summed E-state index contributed by atoms with van der Waals surface area (Å²) in [5.41, 5.74) is 2.80. The molecule has 0 amide bonds. The number of ether oxygens (including phenoxy) is 2. The van der Waals surface area contributed by atoms with Crippen LogP contribution in [0.5, 0.6) is 0 Å². The number of hydrogen-bond donors (Lipinski definition) is 0. The Kier molecular flexibility index (Phi) is 6.59. The molecular weight excluding hydrogens is 376 g/mol. The van der Waals surface area contributed by atoms with Gasteiger partial charge in [-0.15, -0.1) is 11.3 Å². The molecule has 1 aromatic carbocycles. The molecule has 0 aliphatic heterocycles. The zero-order valence-corrected chi connectivity index (χ0v) is 17.1. The van der Waals surface area contributed by atoms with Gasteiger partial charge in [0.1, 0.15) is 17.5 Å². The second-order valence-electron chi connectivity index (χ2n) is 6.38. The second kappa shape index (κ2) is 9.12. The van der Waals surface area contributed by atoms with Crippen LogP contribution in [0.15, 0.2) is 40.8 Å². The fraction of sp³-hybridized carbons (Fsp3) is 0.381. The van der Waals surface area contributed by atoms with Crippen LogP contribution in [0.3, 0.4) is 0 Å². The molecule has 0 radical (unpaired) electrons. The van der Waals surface area contributed by atoms with Crippen LogP contribution in [0.2, 0.25) is 0 Å². The highest BCUT2D eigenvalue weighted by Crippen LogP contribution is 2.31. The van der Waals surface area contributed by atoms with Crippen LogP contribution >= 0.6 is 11.3 Å². The van der Waals surface area contributed by atoms with Gasteiger partial charge in [0.2, 0.25) is 0 Å². The number of esters is 1. The maximum absolute atomic E-state index is 13.1. The molecule has 0 N–H and O–H groups in total. The van der Waals surface area contributed by atoms with Gasteiger partial charge in [-0.3, -0.25) is 9.36 Å². The van der Waals surface area contributed by atoms with Crippen molar-refractivity contribution < 1.29 is 14.3 Å². The second-order valence-corrected chi connectivity index (χ2v) is 7.24. The summed E-state index contributed by atoms with van der Waals surface area (Å²) in [5, 5.41) is 2.47. The minimum atomic E-state index is -0.763. The molecule has 3 rings (SSSR count). The molecular formula is C21H24N2O4S. The lowest BCUT2D eigenvalue weighted by Crippen LogP contribution is -2.30.